The highest BCUT2D eigenvalue weighted by Crippen LogP contribution is 2.33. The van der Waals surface area contributed by atoms with Gasteiger partial charge in [-0.05, 0) is 45.2 Å². The van der Waals surface area contributed by atoms with Crippen LogP contribution in [0.5, 0.6) is 0 Å². The van der Waals surface area contributed by atoms with Gasteiger partial charge in [-0.25, -0.2) is 4.98 Å². The van der Waals surface area contributed by atoms with E-state index in [0.29, 0.717) is 32.0 Å². The normalized spacial score (nSPS) is 12.1. The highest BCUT2D eigenvalue weighted by molar-refractivity contribution is 7.21. The molecule has 6 heteroatoms. The molecule has 0 bridgehead atoms. The number of nitrogens with two attached hydrogens (primary N) is 1. The zero-order valence-electron chi connectivity index (χ0n) is 15.7. The first-order valence-electron chi connectivity index (χ1n) is 8.92. The molecule has 0 aliphatic carbocycles. The fourth-order valence-electron chi connectivity index (χ4n) is 3.04. The van der Waals surface area contributed by atoms with Crippen molar-refractivity contribution in [2.45, 2.75) is 39.7 Å². The van der Waals surface area contributed by atoms with E-state index >= 15 is 0 Å². The van der Waals surface area contributed by atoms with Crippen molar-refractivity contribution in [2.24, 2.45) is 0 Å². The summed E-state index contributed by atoms with van der Waals surface area (Å²) in [5.41, 5.74) is 9.02. The van der Waals surface area contributed by atoms with Gasteiger partial charge in [-0.2, -0.15) is 0 Å². The first-order valence-corrected chi connectivity index (χ1v) is 9.73. The molecular weight excluding hydrogens is 358 g/mol. The lowest BCUT2D eigenvalue weighted by Crippen LogP contribution is -2.32. The second kappa shape index (κ2) is 7.88. The summed E-state index contributed by atoms with van der Waals surface area (Å²) in [6, 6.07) is 11.9. The highest BCUT2D eigenvalue weighted by atomic mass is 32.1. The van der Waals surface area contributed by atoms with Crippen molar-refractivity contribution in [3.05, 3.63) is 58.1 Å². The van der Waals surface area contributed by atoms with Crippen LogP contribution < -0.4 is 11.1 Å². The maximum atomic E-state index is 12.7. The average molecular weight is 382 g/mol. The van der Waals surface area contributed by atoms with Crippen LogP contribution in [0.2, 0.25) is 0 Å². The van der Waals surface area contributed by atoms with E-state index in [0.717, 1.165) is 12.8 Å². The lowest BCUT2D eigenvalue weighted by molar-refractivity contribution is 0.0942. The van der Waals surface area contributed by atoms with Crippen molar-refractivity contribution >= 4 is 38.9 Å². The summed E-state index contributed by atoms with van der Waals surface area (Å²) in [4.78, 5) is 30.0. The number of pyridine rings is 1. The molecule has 1 atom stereocenters. The molecule has 27 heavy (non-hydrogen) atoms. The van der Waals surface area contributed by atoms with E-state index in [-0.39, 0.29) is 17.7 Å². The standard InChI is InChI=1S/C21H23N3O2S/c1-12(9-10-15-7-5-4-6-8-15)23-20(26)19-18(22)17-11-16(14(3)25)13(2)24-21(17)27-19/h4-8,11-12H,9-10,22H2,1-3H3,(H,23,26)/t12-/m0/s1. The number of amides is 1. The number of anilines is 1. The number of carbonyl (C=O) groups excluding carboxylic acids is 2. The number of fused-ring (bicyclic) bond motifs is 1. The Balaban J connectivity index is 1.75. The third-order valence-electron chi connectivity index (χ3n) is 4.58. The minimum Gasteiger partial charge on any atom is -0.397 e. The number of ketones is 1. The zero-order valence-corrected chi connectivity index (χ0v) is 16.5. The monoisotopic (exact) mass is 381 g/mol. The minimum atomic E-state index is -0.196. The molecule has 2 aromatic heterocycles. The van der Waals surface area contributed by atoms with Crippen LogP contribution >= 0.6 is 11.3 Å². The van der Waals surface area contributed by atoms with Gasteiger partial charge in [0.1, 0.15) is 9.71 Å². The summed E-state index contributed by atoms with van der Waals surface area (Å²) in [6.45, 7) is 5.28. The van der Waals surface area contributed by atoms with Gasteiger partial charge in [0.15, 0.2) is 5.78 Å². The number of nitrogens with zero attached hydrogens (tertiary/aromatic N) is 1. The Morgan fingerprint density at radius 3 is 2.63 bits per heavy atom. The molecule has 0 saturated heterocycles. The van der Waals surface area contributed by atoms with Crippen molar-refractivity contribution in [1.29, 1.82) is 0 Å². The Labute approximate surface area is 162 Å². The van der Waals surface area contributed by atoms with Crippen LogP contribution in [-0.4, -0.2) is 22.7 Å². The van der Waals surface area contributed by atoms with E-state index in [1.807, 2.05) is 25.1 Å². The Morgan fingerprint density at radius 2 is 1.96 bits per heavy atom. The summed E-state index contributed by atoms with van der Waals surface area (Å²) >= 11 is 1.26. The number of nitrogens with one attached hydrogen (secondary N) is 1. The molecule has 5 nitrogen and oxygen atoms in total. The number of hydrogen-bond acceptors (Lipinski definition) is 5. The Bertz CT molecular complexity index is 996. The Hall–Kier alpha value is -2.73. The number of benzene rings is 1. The first kappa shape index (κ1) is 19.0. The zero-order chi connectivity index (χ0) is 19.6. The van der Waals surface area contributed by atoms with Crippen LogP contribution in [-0.2, 0) is 6.42 Å². The van der Waals surface area contributed by atoms with E-state index in [1.165, 1.54) is 23.8 Å². The highest BCUT2D eigenvalue weighted by Gasteiger charge is 2.20. The lowest BCUT2D eigenvalue weighted by Gasteiger charge is -2.13. The lowest BCUT2D eigenvalue weighted by atomic mass is 10.1. The predicted octanol–water partition coefficient (Wildman–Crippen LogP) is 4.14. The van der Waals surface area contributed by atoms with Gasteiger partial charge in [0, 0.05) is 22.7 Å². The van der Waals surface area contributed by atoms with E-state index in [1.54, 1.807) is 13.0 Å². The van der Waals surface area contributed by atoms with E-state index in [9.17, 15) is 9.59 Å². The molecule has 0 unspecified atom stereocenters. The van der Waals surface area contributed by atoms with Gasteiger partial charge in [0.2, 0.25) is 0 Å². The Kier molecular flexibility index (Phi) is 5.56. The summed E-state index contributed by atoms with van der Waals surface area (Å²) in [5, 5.41) is 3.68. The average Bonchev–Trinajstić information content (AvgIpc) is 2.96. The largest absolute Gasteiger partial charge is 0.397 e. The molecule has 3 aromatic rings. The van der Waals surface area contributed by atoms with E-state index in [4.69, 9.17) is 5.73 Å². The SMILES string of the molecule is CC(=O)c1cc2c(N)c(C(=O)N[C@@H](C)CCc3ccccc3)sc2nc1C. The van der Waals surface area contributed by atoms with Crippen molar-refractivity contribution in [3.63, 3.8) is 0 Å². The molecule has 0 fully saturated rings. The molecule has 0 aliphatic heterocycles. The van der Waals surface area contributed by atoms with Crippen molar-refractivity contribution in [2.75, 3.05) is 5.73 Å². The third-order valence-corrected chi connectivity index (χ3v) is 5.70. The number of aryl methyl sites for hydroxylation is 2. The molecule has 1 amide bonds. The van der Waals surface area contributed by atoms with E-state index in [2.05, 4.69) is 22.4 Å². The molecule has 0 saturated carbocycles. The van der Waals surface area contributed by atoms with Crippen molar-refractivity contribution in [3.8, 4) is 0 Å². The quantitative estimate of drug-likeness (QED) is 0.629. The number of aromatic nitrogens is 1. The van der Waals surface area contributed by atoms with Crippen LogP contribution in [0, 0.1) is 6.92 Å². The summed E-state index contributed by atoms with van der Waals surface area (Å²) in [7, 11) is 0. The number of hydrogen-bond donors (Lipinski definition) is 2. The summed E-state index contributed by atoms with van der Waals surface area (Å²) < 4.78 is 0. The molecule has 0 radical (unpaired) electrons. The molecule has 3 rings (SSSR count). The van der Waals surface area contributed by atoms with Crippen molar-refractivity contribution in [1.82, 2.24) is 10.3 Å². The fraction of sp³-hybridized carbons (Fsp3) is 0.286. The van der Waals surface area contributed by atoms with Crippen LogP contribution in [0.3, 0.4) is 0 Å². The summed E-state index contributed by atoms with van der Waals surface area (Å²) in [5.74, 6) is -0.258. The van der Waals surface area contributed by atoms with Crippen LogP contribution in [0.4, 0.5) is 5.69 Å². The minimum absolute atomic E-state index is 0.0183. The maximum absolute atomic E-state index is 12.7. The van der Waals surface area contributed by atoms with Crippen LogP contribution in [0.25, 0.3) is 10.2 Å². The van der Waals surface area contributed by atoms with Gasteiger partial charge in [0.25, 0.3) is 5.91 Å². The maximum Gasteiger partial charge on any atom is 0.263 e. The Morgan fingerprint density at radius 1 is 1.26 bits per heavy atom. The van der Waals surface area contributed by atoms with Gasteiger partial charge in [0.05, 0.1) is 5.69 Å². The van der Waals surface area contributed by atoms with E-state index < -0.39 is 0 Å². The van der Waals surface area contributed by atoms with Crippen LogP contribution in [0.1, 0.15) is 51.6 Å². The number of Topliss-reactive ketones (excluding diaryl/α,β-unsaturated/α-hetero) is 1. The molecule has 3 N–H and O–H groups in total. The van der Waals surface area contributed by atoms with Gasteiger partial charge >= 0.3 is 0 Å². The molecule has 2 heterocycles. The predicted molar refractivity (Wildman–Crippen MR) is 110 cm³/mol. The van der Waals surface area contributed by atoms with Gasteiger partial charge < -0.3 is 11.1 Å². The number of nitrogen functional groups attached to an aromatic ring is 1. The fourth-order valence-corrected chi connectivity index (χ4v) is 4.07. The smallest absolute Gasteiger partial charge is 0.263 e. The molecule has 140 valence electrons. The molecular formula is C21H23N3O2S. The van der Waals surface area contributed by atoms with Crippen molar-refractivity contribution < 1.29 is 9.59 Å². The second-order valence-electron chi connectivity index (χ2n) is 6.77. The number of rotatable bonds is 6. The number of thiophene rings is 1. The van der Waals surface area contributed by atoms with Gasteiger partial charge in [-0.3, -0.25) is 9.59 Å². The third kappa shape index (κ3) is 4.17. The molecule has 1 aromatic carbocycles. The summed E-state index contributed by atoms with van der Waals surface area (Å²) in [6.07, 6.45) is 1.74. The van der Waals surface area contributed by atoms with Gasteiger partial charge in [-0.15, -0.1) is 11.3 Å². The second-order valence-corrected chi connectivity index (χ2v) is 7.77. The first-order chi connectivity index (χ1) is 12.9. The molecule has 0 aliphatic rings. The number of carbonyl (C=O) groups is 2. The molecule has 0 spiro atoms. The van der Waals surface area contributed by atoms with Gasteiger partial charge in [-0.1, -0.05) is 30.3 Å². The topological polar surface area (TPSA) is 85.1 Å². The van der Waals surface area contributed by atoms with Crippen LogP contribution in [0.15, 0.2) is 36.4 Å².